The van der Waals surface area contributed by atoms with Crippen molar-refractivity contribution in [1.82, 2.24) is 14.8 Å². The number of benzene rings is 1. The summed E-state index contributed by atoms with van der Waals surface area (Å²) in [7, 11) is 0. The quantitative estimate of drug-likeness (QED) is 0.556. The number of thiophene rings is 1. The Kier molecular flexibility index (Phi) is 5.31. The fourth-order valence-electron chi connectivity index (χ4n) is 2.91. The van der Waals surface area contributed by atoms with E-state index in [0.717, 1.165) is 34.4 Å². The van der Waals surface area contributed by atoms with Gasteiger partial charge in [0.25, 0.3) is 0 Å². The predicted octanol–water partition coefficient (Wildman–Crippen LogP) is 5.20. The van der Waals surface area contributed by atoms with Crippen LogP contribution in [0.15, 0.2) is 46.9 Å². The molecule has 2 heterocycles. The molecule has 0 atom stereocenters. The third-order valence-corrected chi connectivity index (χ3v) is 6.30. The minimum Gasteiger partial charge on any atom is -0.325 e. The summed E-state index contributed by atoms with van der Waals surface area (Å²) in [6.07, 6.45) is 2.30. The second kappa shape index (κ2) is 7.86. The van der Waals surface area contributed by atoms with E-state index in [0.29, 0.717) is 17.7 Å². The molecule has 0 aliphatic heterocycles. The van der Waals surface area contributed by atoms with Gasteiger partial charge in [-0.2, -0.15) is 0 Å². The first-order valence-corrected chi connectivity index (χ1v) is 11.0. The number of hydrogen-bond donors (Lipinski definition) is 1. The molecule has 1 aliphatic carbocycles. The van der Waals surface area contributed by atoms with Crippen molar-refractivity contribution in [1.29, 1.82) is 0 Å². The molecule has 1 aliphatic rings. The van der Waals surface area contributed by atoms with Crippen LogP contribution in [0.3, 0.4) is 0 Å². The highest BCUT2D eigenvalue weighted by Crippen LogP contribution is 2.41. The summed E-state index contributed by atoms with van der Waals surface area (Å²) < 4.78 is 2.20. The van der Waals surface area contributed by atoms with E-state index in [1.807, 2.05) is 29.6 Å². The summed E-state index contributed by atoms with van der Waals surface area (Å²) in [5, 5.41) is 14.6. The van der Waals surface area contributed by atoms with E-state index in [4.69, 9.17) is 0 Å². The average molecular weight is 399 g/mol. The number of thioether (sulfide) groups is 1. The number of nitrogens with zero attached hydrogens (tertiary/aromatic N) is 3. The smallest absolute Gasteiger partial charge is 0.234 e. The van der Waals surface area contributed by atoms with Gasteiger partial charge in [0.2, 0.25) is 5.91 Å². The van der Waals surface area contributed by atoms with Crippen molar-refractivity contribution < 1.29 is 4.79 Å². The Balaban J connectivity index is 1.43. The van der Waals surface area contributed by atoms with Crippen LogP contribution >= 0.6 is 23.1 Å². The average Bonchev–Trinajstić information content (AvgIpc) is 3.18. The molecule has 1 saturated carbocycles. The first kappa shape index (κ1) is 18.3. The van der Waals surface area contributed by atoms with Crippen LogP contribution in [0.25, 0.3) is 10.7 Å². The van der Waals surface area contributed by atoms with Crippen molar-refractivity contribution in [2.75, 3.05) is 11.1 Å². The van der Waals surface area contributed by atoms with Crippen molar-refractivity contribution in [3.8, 4) is 10.7 Å². The zero-order valence-corrected chi connectivity index (χ0v) is 17.0. The molecular weight excluding hydrogens is 376 g/mol. The molecule has 27 heavy (non-hydrogen) atoms. The molecule has 2 aromatic heterocycles. The molecule has 4 rings (SSSR count). The number of carbonyl (C=O) groups excluding carboxylic acids is 1. The number of carbonyl (C=O) groups is 1. The maximum Gasteiger partial charge on any atom is 0.234 e. The fraction of sp³-hybridized carbons (Fsp3) is 0.350. The zero-order chi connectivity index (χ0) is 18.8. The van der Waals surface area contributed by atoms with Crippen molar-refractivity contribution in [2.24, 2.45) is 0 Å². The Morgan fingerprint density at radius 1 is 1.30 bits per heavy atom. The lowest BCUT2D eigenvalue weighted by atomic mass is 10.0. The molecule has 3 aromatic rings. The van der Waals surface area contributed by atoms with Crippen LogP contribution in [0.5, 0.6) is 0 Å². The first-order chi connectivity index (χ1) is 13.1. The highest BCUT2D eigenvalue weighted by molar-refractivity contribution is 7.99. The van der Waals surface area contributed by atoms with Gasteiger partial charge in [-0.25, -0.2) is 0 Å². The van der Waals surface area contributed by atoms with Gasteiger partial charge < -0.3 is 5.32 Å². The van der Waals surface area contributed by atoms with E-state index in [1.165, 1.54) is 17.3 Å². The van der Waals surface area contributed by atoms with Gasteiger partial charge in [0.1, 0.15) is 0 Å². The largest absolute Gasteiger partial charge is 0.325 e. The van der Waals surface area contributed by atoms with Crippen LogP contribution in [0.2, 0.25) is 0 Å². The van der Waals surface area contributed by atoms with Gasteiger partial charge in [0, 0.05) is 11.7 Å². The van der Waals surface area contributed by atoms with Gasteiger partial charge in [-0.05, 0) is 47.9 Å². The lowest BCUT2D eigenvalue weighted by molar-refractivity contribution is -0.113. The molecule has 0 bridgehead atoms. The van der Waals surface area contributed by atoms with E-state index in [2.05, 4.69) is 46.1 Å². The lowest BCUT2D eigenvalue weighted by Crippen LogP contribution is -2.14. The summed E-state index contributed by atoms with van der Waals surface area (Å²) in [6, 6.07) is 12.6. The molecule has 5 nitrogen and oxygen atoms in total. The Bertz CT molecular complexity index is 929. The van der Waals surface area contributed by atoms with Crippen molar-refractivity contribution >= 4 is 34.7 Å². The van der Waals surface area contributed by atoms with Crippen LogP contribution < -0.4 is 5.32 Å². The third kappa shape index (κ3) is 4.25. The summed E-state index contributed by atoms with van der Waals surface area (Å²) in [5.41, 5.74) is 2.06. The van der Waals surface area contributed by atoms with E-state index >= 15 is 0 Å². The zero-order valence-electron chi connectivity index (χ0n) is 15.4. The molecule has 1 amide bonds. The first-order valence-electron chi connectivity index (χ1n) is 9.13. The molecule has 1 aromatic carbocycles. The molecule has 0 radical (unpaired) electrons. The third-order valence-electron chi connectivity index (χ3n) is 4.49. The van der Waals surface area contributed by atoms with Crippen LogP contribution in [0.1, 0.15) is 44.2 Å². The van der Waals surface area contributed by atoms with Crippen molar-refractivity contribution in [2.45, 2.75) is 43.8 Å². The summed E-state index contributed by atoms with van der Waals surface area (Å²) >= 11 is 3.12. The monoisotopic (exact) mass is 398 g/mol. The number of amides is 1. The molecule has 1 N–H and O–H groups in total. The Labute approximate surface area is 167 Å². The lowest BCUT2D eigenvalue weighted by Gasteiger charge is -2.10. The summed E-state index contributed by atoms with van der Waals surface area (Å²) in [4.78, 5) is 13.5. The molecule has 0 spiro atoms. The highest BCUT2D eigenvalue weighted by Gasteiger charge is 2.30. The number of nitrogens with one attached hydrogen (secondary N) is 1. The standard InChI is InChI=1S/C20H22N4OS2/c1-13(2)14-5-3-6-15(11-14)21-18(25)12-27-20-23-22-19(17-7-4-10-26-17)24(20)16-8-9-16/h3-7,10-11,13,16H,8-9,12H2,1-2H3,(H,21,25). The highest BCUT2D eigenvalue weighted by atomic mass is 32.2. The van der Waals surface area contributed by atoms with E-state index < -0.39 is 0 Å². The molecule has 7 heteroatoms. The minimum atomic E-state index is -0.0241. The maximum atomic E-state index is 12.4. The maximum absolute atomic E-state index is 12.4. The number of anilines is 1. The van der Waals surface area contributed by atoms with Crippen LogP contribution in [-0.4, -0.2) is 26.4 Å². The minimum absolute atomic E-state index is 0.0241. The molecule has 1 fully saturated rings. The molecular formula is C20H22N4OS2. The Morgan fingerprint density at radius 3 is 2.85 bits per heavy atom. The summed E-state index contributed by atoms with van der Waals surface area (Å²) in [5.74, 6) is 1.65. The van der Waals surface area contributed by atoms with Crippen LogP contribution in [0.4, 0.5) is 5.69 Å². The van der Waals surface area contributed by atoms with E-state index in [1.54, 1.807) is 11.3 Å². The second-order valence-corrected chi connectivity index (χ2v) is 8.89. The van der Waals surface area contributed by atoms with Crippen LogP contribution in [0, 0.1) is 0 Å². The van der Waals surface area contributed by atoms with Crippen LogP contribution in [-0.2, 0) is 4.79 Å². The Morgan fingerprint density at radius 2 is 2.15 bits per heavy atom. The van der Waals surface area contributed by atoms with Gasteiger partial charge >= 0.3 is 0 Å². The van der Waals surface area contributed by atoms with Gasteiger partial charge in [-0.15, -0.1) is 21.5 Å². The van der Waals surface area contributed by atoms with Gasteiger partial charge in [0.05, 0.1) is 10.6 Å². The Hall–Kier alpha value is -2.12. The molecule has 0 saturated heterocycles. The second-order valence-electron chi connectivity index (χ2n) is 7.00. The topological polar surface area (TPSA) is 59.8 Å². The normalized spacial score (nSPS) is 13.9. The number of rotatable bonds is 7. The van der Waals surface area contributed by atoms with E-state index in [9.17, 15) is 4.79 Å². The fourth-order valence-corrected chi connectivity index (χ4v) is 4.42. The number of hydrogen-bond acceptors (Lipinski definition) is 5. The summed E-state index contributed by atoms with van der Waals surface area (Å²) in [6.45, 7) is 4.29. The predicted molar refractivity (Wildman–Crippen MR) is 111 cm³/mol. The van der Waals surface area contributed by atoms with Gasteiger partial charge in [0.15, 0.2) is 11.0 Å². The van der Waals surface area contributed by atoms with Crippen molar-refractivity contribution in [3.63, 3.8) is 0 Å². The van der Waals surface area contributed by atoms with Crippen molar-refractivity contribution in [3.05, 3.63) is 47.3 Å². The van der Waals surface area contributed by atoms with E-state index in [-0.39, 0.29) is 5.91 Å². The molecule has 0 unspecified atom stereocenters. The molecule has 140 valence electrons. The van der Waals surface area contributed by atoms with Gasteiger partial charge in [-0.3, -0.25) is 9.36 Å². The SMILES string of the molecule is CC(C)c1cccc(NC(=O)CSc2nnc(-c3cccs3)n2C2CC2)c1. The van der Waals surface area contributed by atoms with Gasteiger partial charge in [-0.1, -0.05) is 43.8 Å². The number of aromatic nitrogens is 3.